The van der Waals surface area contributed by atoms with E-state index in [4.69, 9.17) is 4.98 Å². The molecule has 214 valence electrons. The van der Waals surface area contributed by atoms with E-state index in [1.807, 2.05) is 26.0 Å². The number of halogens is 1. The van der Waals surface area contributed by atoms with E-state index in [-0.39, 0.29) is 17.9 Å². The number of carbonyl (C=O) groups is 1. The molecule has 1 amide bonds. The second kappa shape index (κ2) is 11.3. The van der Waals surface area contributed by atoms with Gasteiger partial charge in [0, 0.05) is 43.4 Å². The van der Waals surface area contributed by atoms with E-state index in [1.165, 1.54) is 22.1 Å². The predicted octanol–water partition coefficient (Wildman–Crippen LogP) is 5.11. The molecule has 0 saturated heterocycles. The molecule has 10 nitrogen and oxygen atoms in total. The van der Waals surface area contributed by atoms with Crippen LogP contribution in [0.15, 0.2) is 42.9 Å². The number of hydrogen-bond donors (Lipinski definition) is 3. The number of aromatic amines is 1. The summed E-state index contributed by atoms with van der Waals surface area (Å²) in [7, 11) is 2.16. The molecule has 1 saturated carbocycles. The molecule has 11 heteroatoms. The number of carbonyl (C=O) groups excluding carboxylic acids is 1. The van der Waals surface area contributed by atoms with Gasteiger partial charge in [0.15, 0.2) is 17.5 Å². The number of hydrogen-bond acceptors (Lipinski definition) is 7. The minimum absolute atomic E-state index is 0.0325. The Balaban J connectivity index is 1.11. The van der Waals surface area contributed by atoms with Gasteiger partial charge < -0.3 is 15.5 Å². The van der Waals surface area contributed by atoms with E-state index in [1.54, 1.807) is 12.3 Å². The average Bonchev–Trinajstić information content (AvgIpc) is 3.60. The lowest BCUT2D eigenvalue weighted by atomic mass is 9.78. The molecule has 6 rings (SSSR count). The zero-order valence-corrected chi connectivity index (χ0v) is 23.7. The Labute approximate surface area is 238 Å². The predicted molar refractivity (Wildman–Crippen MR) is 155 cm³/mol. The third-order valence-corrected chi connectivity index (χ3v) is 8.28. The minimum Gasteiger partial charge on any atom is -0.373 e. The molecule has 0 unspecified atom stereocenters. The molecule has 4 aromatic rings. The molecule has 3 N–H and O–H groups in total. The first-order chi connectivity index (χ1) is 19.8. The molecule has 0 radical (unpaired) electrons. The fourth-order valence-electron chi connectivity index (χ4n) is 6.08. The van der Waals surface area contributed by atoms with Gasteiger partial charge in [-0.2, -0.15) is 10.2 Å². The van der Waals surface area contributed by atoms with Gasteiger partial charge in [-0.3, -0.25) is 9.89 Å². The molecule has 1 aliphatic carbocycles. The second-order valence-electron chi connectivity index (χ2n) is 11.3. The summed E-state index contributed by atoms with van der Waals surface area (Å²) in [6.45, 7) is 4.96. The van der Waals surface area contributed by atoms with Crippen LogP contribution < -0.4 is 15.5 Å². The summed E-state index contributed by atoms with van der Waals surface area (Å²) in [4.78, 5) is 25.1. The van der Waals surface area contributed by atoms with Crippen molar-refractivity contribution in [3.8, 4) is 5.82 Å². The summed E-state index contributed by atoms with van der Waals surface area (Å²) < 4.78 is 14.7. The molecule has 1 aliphatic heterocycles. The largest absolute Gasteiger partial charge is 0.373 e. The SMILES string of the molecule is Cc1cc(Nc2cc3c(c([C@H]4CC[C@@H](C(=O)N[C@@H](C)c5ccc(-n6cc(F)cn6)nc5)CC4)n2)N(C)CCC3)n[nH]1. The van der Waals surface area contributed by atoms with Crippen LogP contribution in [-0.2, 0) is 11.2 Å². The molecule has 0 bridgehead atoms. The zero-order chi connectivity index (χ0) is 28.5. The molecule has 1 fully saturated rings. The van der Waals surface area contributed by atoms with Crippen molar-refractivity contribution >= 4 is 23.2 Å². The summed E-state index contributed by atoms with van der Waals surface area (Å²) in [5.74, 6) is 2.04. The first kappa shape index (κ1) is 26.9. The molecule has 5 heterocycles. The lowest BCUT2D eigenvalue weighted by Gasteiger charge is -2.34. The van der Waals surface area contributed by atoms with Gasteiger partial charge in [-0.25, -0.2) is 19.0 Å². The standard InChI is InChI=1S/C30H36FN9O/c1-18-13-26(38-37-18)35-25-14-22-5-4-12-39(3)29(22)28(36-25)20-6-8-21(9-7-20)30(41)34-19(2)23-10-11-27(32-15-23)40-17-24(31)16-33-40/h10-11,13-17,19-21H,4-9,12H2,1-3H3,(H,34,41)(H2,35,36,37,38)/t19-,20-,21+/m0/s1. The van der Waals surface area contributed by atoms with E-state index in [9.17, 15) is 9.18 Å². The maximum absolute atomic E-state index is 13.3. The summed E-state index contributed by atoms with van der Waals surface area (Å²) in [5, 5.41) is 17.8. The van der Waals surface area contributed by atoms with Crippen LogP contribution in [0.3, 0.4) is 0 Å². The third kappa shape index (κ3) is 5.79. The number of nitrogens with one attached hydrogen (secondary N) is 3. The van der Waals surface area contributed by atoms with Crippen LogP contribution in [0.2, 0.25) is 0 Å². The van der Waals surface area contributed by atoms with Crippen molar-refractivity contribution in [1.82, 2.24) is 35.3 Å². The highest BCUT2D eigenvalue weighted by molar-refractivity contribution is 5.79. The number of nitrogens with zero attached hydrogens (tertiary/aromatic N) is 6. The smallest absolute Gasteiger partial charge is 0.223 e. The third-order valence-electron chi connectivity index (χ3n) is 8.28. The number of H-pyrrole nitrogens is 1. The number of pyridine rings is 2. The molecule has 41 heavy (non-hydrogen) atoms. The van der Waals surface area contributed by atoms with Crippen molar-refractivity contribution in [3.63, 3.8) is 0 Å². The lowest BCUT2D eigenvalue weighted by Crippen LogP contribution is -2.35. The van der Waals surface area contributed by atoms with E-state index in [2.05, 4.69) is 48.9 Å². The fourth-order valence-corrected chi connectivity index (χ4v) is 6.08. The average molecular weight is 558 g/mol. The summed E-state index contributed by atoms with van der Waals surface area (Å²) in [6, 6.07) is 7.61. The topological polar surface area (TPSA) is 117 Å². The first-order valence-corrected chi connectivity index (χ1v) is 14.3. The van der Waals surface area contributed by atoms with Crippen LogP contribution in [0.25, 0.3) is 5.82 Å². The van der Waals surface area contributed by atoms with Crippen molar-refractivity contribution in [1.29, 1.82) is 0 Å². The van der Waals surface area contributed by atoms with Crippen LogP contribution in [0.5, 0.6) is 0 Å². The van der Waals surface area contributed by atoms with Crippen molar-refractivity contribution in [2.45, 2.75) is 64.3 Å². The maximum atomic E-state index is 13.3. The van der Waals surface area contributed by atoms with Crippen LogP contribution in [0, 0.1) is 18.7 Å². The molecular formula is C30H36FN9O. The number of aromatic nitrogens is 6. The summed E-state index contributed by atoms with van der Waals surface area (Å²) in [6.07, 6.45) is 9.76. The number of fused-ring (bicyclic) bond motifs is 1. The fraction of sp³-hybridized carbons (Fsp3) is 0.433. The van der Waals surface area contributed by atoms with Gasteiger partial charge >= 0.3 is 0 Å². The van der Waals surface area contributed by atoms with Crippen LogP contribution in [-0.4, -0.2) is 49.4 Å². The van der Waals surface area contributed by atoms with Gasteiger partial charge in [-0.15, -0.1) is 0 Å². The van der Waals surface area contributed by atoms with Gasteiger partial charge in [0.25, 0.3) is 0 Å². The monoisotopic (exact) mass is 557 g/mol. The molecule has 4 aromatic heterocycles. The Hall–Kier alpha value is -4.28. The molecule has 1 atom stereocenters. The summed E-state index contributed by atoms with van der Waals surface area (Å²) in [5.41, 5.74) is 5.60. The van der Waals surface area contributed by atoms with E-state index < -0.39 is 5.82 Å². The van der Waals surface area contributed by atoms with Crippen LogP contribution in [0.1, 0.15) is 73.5 Å². The van der Waals surface area contributed by atoms with Gasteiger partial charge in [-0.1, -0.05) is 6.07 Å². The number of amides is 1. The Morgan fingerprint density at radius 2 is 1.98 bits per heavy atom. The maximum Gasteiger partial charge on any atom is 0.223 e. The zero-order valence-electron chi connectivity index (χ0n) is 23.7. The van der Waals surface area contributed by atoms with E-state index in [0.29, 0.717) is 11.7 Å². The van der Waals surface area contributed by atoms with E-state index >= 15 is 0 Å². The highest BCUT2D eigenvalue weighted by Crippen LogP contribution is 2.42. The molecule has 0 aromatic carbocycles. The first-order valence-electron chi connectivity index (χ1n) is 14.3. The normalized spacial score (nSPS) is 19.5. The van der Waals surface area contributed by atoms with Gasteiger partial charge in [-0.05, 0) is 75.6 Å². The van der Waals surface area contributed by atoms with Gasteiger partial charge in [0.1, 0.15) is 5.82 Å². The minimum atomic E-state index is -0.414. The van der Waals surface area contributed by atoms with E-state index in [0.717, 1.165) is 79.9 Å². The highest BCUT2D eigenvalue weighted by atomic mass is 19.1. The molecular weight excluding hydrogens is 521 g/mol. The Bertz CT molecular complexity index is 1520. The Morgan fingerprint density at radius 1 is 1.15 bits per heavy atom. The lowest BCUT2D eigenvalue weighted by molar-refractivity contribution is -0.126. The van der Waals surface area contributed by atoms with Crippen molar-refractivity contribution in [2.75, 3.05) is 23.8 Å². The Morgan fingerprint density at radius 3 is 2.66 bits per heavy atom. The van der Waals surface area contributed by atoms with Gasteiger partial charge in [0.2, 0.25) is 5.91 Å². The van der Waals surface area contributed by atoms with Crippen molar-refractivity contribution < 1.29 is 9.18 Å². The Kier molecular flexibility index (Phi) is 7.42. The number of anilines is 3. The highest BCUT2D eigenvalue weighted by Gasteiger charge is 2.32. The van der Waals surface area contributed by atoms with Crippen molar-refractivity contribution in [2.24, 2.45) is 5.92 Å². The van der Waals surface area contributed by atoms with Crippen molar-refractivity contribution in [3.05, 3.63) is 71.2 Å². The molecule has 2 aliphatic rings. The van der Waals surface area contributed by atoms with Gasteiger partial charge in [0.05, 0.1) is 29.8 Å². The second-order valence-corrected chi connectivity index (χ2v) is 11.3. The summed E-state index contributed by atoms with van der Waals surface area (Å²) >= 11 is 0. The van der Waals surface area contributed by atoms with Crippen LogP contribution >= 0.6 is 0 Å². The number of rotatable bonds is 7. The number of aryl methyl sites for hydroxylation is 2. The quantitative estimate of drug-likeness (QED) is 0.289. The van der Waals surface area contributed by atoms with Crippen LogP contribution in [0.4, 0.5) is 21.7 Å². The molecule has 0 spiro atoms.